The second-order valence-electron chi connectivity index (χ2n) is 4.64. The summed E-state index contributed by atoms with van der Waals surface area (Å²) in [6.45, 7) is 4.18. The van der Waals surface area contributed by atoms with E-state index in [2.05, 4.69) is 0 Å². The number of benzene rings is 2. The zero-order valence-corrected chi connectivity index (χ0v) is 11.9. The quantitative estimate of drug-likeness (QED) is 0.868. The van der Waals surface area contributed by atoms with Crippen molar-refractivity contribution < 1.29 is 19.4 Å². The van der Waals surface area contributed by atoms with Crippen LogP contribution in [0.4, 0.5) is 0 Å². The van der Waals surface area contributed by atoms with Crippen LogP contribution in [0.15, 0.2) is 24.3 Å². The van der Waals surface area contributed by atoms with Gasteiger partial charge in [-0.3, -0.25) is 0 Å². The molecule has 0 atom stereocenters. The first-order chi connectivity index (χ1) is 9.58. The van der Waals surface area contributed by atoms with Gasteiger partial charge in [0, 0.05) is 5.39 Å². The summed E-state index contributed by atoms with van der Waals surface area (Å²) in [5.41, 5.74) is 1.17. The molecule has 0 saturated heterocycles. The van der Waals surface area contributed by atoms with E-state index in [1.54, 1.807) is 19.2 Å². The molecule has 0 aliphatic rings. The molecule has 0 unspecified atom stereocenters. The molecule has 0 aliphatic heterocycles. The average molecular weight is 274 g/mol. The Morgan fingerprint density at radius 1 is 1.25 bits per heavy atom. The fourth-order valence-electron chi connectivity index (χ4n) is 2.18. The lowest BCUT2D eigenvalue weighted by Gasteiger charge is -2.12. The van der Waals surface area contributed by atoms with Crippen LogP contribution in [0.2, 0.25) is 0 Å². The molecule has 106 valence electrons. The highest BCUT2D eigenvalue weighted by Gasteiger charge is 2.18. The number of ether oxygens (including phenoxy) is 2. The summed E-state index contributed by atoms with van der Waals surface area (Å²) in [7, 11) is 1.57. The van der Waals surface area contributed by atoms with Crippen LogP contribution in [-0.4, -0.2) is 24.8 Å². The van der Waals surface area contributed by atoms with Crippen molar-refractivity contribution in [3.8, 4) is 11.5 Å². The number of methoxy groups -OCH3 is 1. The van der Waals surface area contributed by atoms with Gasteiger partial charge in [0.05, 0.1) is 13.7 Å². The zero-order chi connectivity index (χ0) is 14.7. The van der Waals surface area contributed by atoms with Gasteiger partial charge in [-0.05, 0) is 42.5 Å². The molecule has 2 aromatic rings. The van der Waals surface area contributed by atoms with Crippen LogP contribution in [0.3, 0.4) is 0 Å². The highest BCUT2D eigenvalue weighted by atomic mass is 16.5. The Morgan fingerprint density at radius 3 is 2.65 bits per heavy atom. The summed E-state index contributed by atoms with van der Waals surface area (Å²) in [4.78, 5) is 12.1. The molecule has 0 spiro atoms. The number of carbonyl (C=O) groups excluding carboxylic acids is 1. The lowest BCUT2D eigenvalue weighted by Crippen LogP contribution is -2.07. The molecule has 0 fully saturated rings. The van der Waals surface area contributed by atoms with Crippen LogP contribution >= 0.6 is 0 Å². The minimum atomic E-state index is -0.511. The first kappa shape index (κ1) is 14.2. The highest BCUT2D eigenvalue weighted by molar-refractivity contribution is 6.08. The number of aryl methyl sites for hydroxylation is 1. The largest absolute Gasteiger partial charge is 0.507 e. The first-order valence-corrected chi connectivity index (χ1v) is 6.56. The Balaban J connectivity index is 2.65. The summed E-state index contributed by atoms with van der Waals surface area (Å²) in [5.74, 6) is 0.0546. The normalized spacial score (nSPS) is 10.6. The zero-order valence-electron chi connectivity index (χ0n) is 11.9. The molecule has 2 rings (SSSR count). The van der Waals surface area contributed by atoms with Gasteiger partial charge in [-0.15, -0.1) is 0 Å². The van der Waals surface area contributed by atoms with Gasteiger partial charge in [0.2, 0.25) is 0 Å². The summed E-state index contributed by atoms with van der Waals surface area (Å²) < 4.78 is 10.4. The lowest BCUT2D eigenvalue weighted by atomic mass is 9.99. The molecule has 0 aromatic heterocycles. The van der Waals surface area contributed by atoms with E-state index >= 15 is 0 Å². The lowest BCUT2D eigenvalue weighted by molar-refractivity contribution is 0.0504. The third kappa shape index (κ3) is 2.54. The van der Waals surface area contributed by atoms with Crippen molar-refractivity contribution in [1.82, 2.24) is 0 Å². The summed E-state index contributed by atoms with van der Waals surface area (Å²) >= 11 is 0. The van der Waals surface area contributed by atoms with Gasteiger partial charge in [-0.2, -0.15) is 0 Å². The third-order valence-electron chi connectivity index (χ3n) is 3.17. The Bertz CT molecular complexity index is 646. The van der Waals surface area contributed by atoms with Crippen LogP contribution in [0.25, 0.3) is 10.8 Å². The molecule has 0 bridgehead atoms. The molecule has 1 N–H and O–H groups in total. The first-order valence-electron chi connectivity index (χ1n) is 6.56. The predicted molar refractivity (Wildman–Crippen MR) is 77.5 cm³/mol. The summed E-state index contributed by atoms with van der Waals surface area (Å²) in [5, 5.41) is 11.5. The number of hydrogen-bond donors (Lipinski definition) is 1. The standard InChI is InChI=1S/C16H18O4/c1-4-7-20-16(18)15-13-9-11(19-3)8-10(2)12(13)5-6-14(15)17/h5-6,8-9,17H,4,7H2,1-3H3. The highest BCUT2D eigenvalue weighted by Crippen LogP contribution is 2.33. The Morgan fingerprint density at radius 2 is 2.00 bits per heavy atom. The van der Waals surface area contributed by atoms with Gasteiger partial charge in [-0.25, -0.2) is 4.79 Å². The van der Waals surface area contributed by atoms with Crippen LogP contribution in [0, 0.1) is 6.92 Å². The topological polar surface area (TPSA) is 55.8 Å². The maximum Gasteiger partial charge on any atom is 0.342 e. The fourth-order valence-corrected chi connectivity index (χ4v) is 2.18. The van der Waals surface area contributed by atoms with Crippen molar-refractivity contribution in [3.63, 3.8) is 0 Å². The van der Waals surface area contributed by atoms with Gasteiger partial charge in [0.1, 0.15) is 17.1 Å². The van der Waals surface area contributed by atoms with E-state index in [-0.39, 0.29) is 11.3 Å². The van der Waals surface area contributed by atoms with E-state index in [1.165, 1.54) is 6.07 Å². The number of phenolic OH excluding ortho intramolecular Hbond substituents is 1. The van der Waals surface area contributed by atoms with Gasteiger partial charge in [0.25, 0.3) is 0 Å². The smallest absolute Gasteiger partial charge is 0.342 e. The van der Waals surface area contributed by atoms with Crippen molar-refractivity contribution >= 4 is 16.7 Å². The van der Waals surface area contributed by atoms with E-state index in [9.17, 15) is 9.90 Å². The monoisotopic (exact) mass is 274 g/mol. The maximum absolute atomic E-state index is 12.1. The van der Waals surface area contributed by atoms with Crippen LogP contribution in [0.1, 0.15) is 29.3 Å². The Hall–Kier alpha value is -2.23. The Kier molecular flexibility index (Phi) is 4.13. The van der Waals surface area contributed by atoms with Crippen molar-refractivity contribution in [2.24, 2.45) is 0 Å². The molecule has 2 aromatic carbocycles. The van der Waals surface area contributed by atoms with Crippen molar-refractivity contribution in [2.75, 3.05) is 13.7 Å². The van der Waals surface area contributed by atoms with Crippen molar-refractivity contribution in [1.29, 1.82) is 0 Å². The number of hydrogen-bond acceptors (Lipinski definition) is 4. The van der Waals surface area contributed by atoms with Crippen LogP contribution in [-0.2, 0) is 4.74 Å². The summed E-state index contributed by atoms with van der Waals surface area (Å²) in [6, 6.07) is 6.94. The number of fused-ring (bicyclic) bond motifs is 1. The minimum absolute atomic E-state index is 0.0775. The van der Waals surface area contributed by atoms with Gasteiger partial charge in [-0.1, -0.05) is 13.0 Å². The Labute approximate surface area is 117 Å². The predicted octanol–water partition coefficient (Wildman–Crippen LogP) is 3.43. The number of phenols is 1. The molecule has 0 amide bonds. The molecule has 20 heavy (non-hydrogen) atoms. The van der Waals surface area contributed by atoms with Gasteiger partial charge < -0.3 is 14.6 Å². The van der Waals surface area contributed by atoms with Crippen molar-refractivity contribution in [2.45, 2.75) is 20.3 Å². The van der Waals surface area contributed by atoms with Crippen LogP contribution in [0.5, 0.6) is 11.5 Å². The van der Waals surface area contributed by atoms with E-state index in [0.29, 0.717) is 17.7 Å². The molecule has 0 aliphatic carbocycles. The number of carbonyl (C=O) groups is 1. The van der Waals surface area contributed by atoms with E-state index in [4.69, 9.17) is 9.47 Å². The van der Waals surface area contributed by atoms with E-state index < -0.39 is 5.97 Å². The molecular formula is C16H18O4. The molecule has 4 nitrogen and oxygen atoms in total. The summed E-state index contributed by atoms with van der Waals surface area (Å²) in [6.07, 6.45) is 0.736. The van der Waals surface area contributed by atoms with Crippen LogP contribution < -0.4 is 4.74 Å². The second-order valence-corrected chi connectivity index (χ2v) is 4.64. The molecule has 0 heterocycles. The third-order valence-corrected chi connectivity index (χ3v) is 3.17. The van der Waals surface area contributed by atoms with Crippen molar-refractivity contribution in [3.05, 3.63) is 35.4 Å². The molecule has 4 heteroatoms. The average Bonchev–Trinajstić information content (AvgIpc) is 2.44. The number of esters is 1. The number of aromatic hydroxyl groups is 1. The maximum atomic E-state index is 12.1. The van der Waals surface area contributed by atoms with E-state index in [1.807, 2.05) is 19.9 Å². The second kappa shape index (κ2) is 5.82. The molecule has 0 saturated carbocycles. The molecule has 0 radical (unpaired) electrons. The van der Waals surface area contributed by atoms with Gasteiger partial charge >= 0.3 is 5.97 Å². The van der Waals surface area contributed by atoms with E-state index in [0.717, 1.165) is 17.4 Å². The fraction of sp³-hybridized carbons (Fsp3) is 0.312. The SMILES string of the molecule is CCCOC(=O)c1c(O)ccc2c(C)cc(OC)cc12. The molecular weight excluding hydrogens is 256 g/mol. The van der Waals surface area contributed by atoms with Gasteiger partial charge in [0.15, 0.2) is 0 Å². The number of rotatable bonds is 4. The minimum Gasteiger partial charge on any atom is -0.507 e.